The van der Waals surface area contributed by atoms with Gasteiger partial charge in [-0.25, -0.2) is 0 Å². The van der Waals surface area contributed by atoms with Crippen molar-refractivity contribution in [2.24, 2.45) is 17.6 Å². The summed E-state index contributed by atoms with van der Waals surface area (Å²) in [5, 5.41) is 0. The fourth-order valence-corrected chi connectivity index (χ4v) is 3.31. The number of ketones is 1. The molecule has 2 heteroatoms. The maximum absolute atomic E-state index is 12.6. The van der Waals surface area contributed by atoms with Gasteiger partial charge in [0.1, 0.15) is 0 Å². The van der Waals surface area contributed by atoms with Crippen molar-refractivity contribution in [1.29, 1.82) is 0 Å². The molecule has 0 saturated heterocycles. The lowest BCUT2D eigenvalue weighted by Crippen LogP contribution is -2.33. The van der Waals surface area contributed by atoms with E-state index in [1.165, 1.54) is 32.1 Å². The molecule has 0 aliphatic heterocycles. The lowest BCUT2D eigenvalue weighted by molar-refractivity contribution is -0.121. The van der Waals surface area contributed by atoms with Crippen molar-refractivity contribution in [3.8, 4) is 0 Å². The minimum Gasteiger partial charge on any atom is -0.330 e. The zero-order valence-electron chi connectivity index (χ0n) is 10.8. The first-order chi connectivity index (χ1) is 8.33. The first-order valence-corrected chi connectivity index (χ1v) is 7.26. The van der Waals surface area contributed by atoms with Crippen LogP contribution in [0.5, 0.6) is 0 Å². The van der Waals surface area contributed by atoms with Gasteiger partial charge < -0.3 is 5.73 Å². The maximum Gasteiger partial charge on any atom is 0.161 e. The molecular weight excluding hydrogens is 210 g/mol. The number of rotatable bonds is 3. The van der Waals surface area contributed by atoms with Crippen molar-refractivity contribution in [3.63, 3.8) is 0 Å². The van der Waals surface area contributed by atoms with E-state index in [4.69, 9.17) is 5.73 Å². The third-order valence-electron chi connectivity index (χ3n) is 4.41. The van der Waals surface area contributed by atoms with Crippen molar-refractivity contribution in [2.75, 3.05) is 6.54 Å². The summed E-state index contributed by atoms with van der Waals surface area (Å²) in [4.78, 5) is 12.6. The van der Waals surface area contributed by atoms with Crippen molar-refractivity contribution in [1.82, 2.24) is 0 Å². The van der Waals surface area contributed by atoms with Crippen molar-refractivity contribution in [2.45, 2.75) is 57.8 Å². The Morgan fingerprint density at radius 1 is 1.18 bits per heavy atom. The number of carbonyl (C=O) groups excluding carboxylic acids is 1. The predicted molar refractivity (Wildman–Crippen MR) is 70.7 cm³/mol. The molecule has 1 fully saturated rings. The van der Waals surface area contributed by atoms with Crippen LogP contribution in [0.25, 0.3) is 0 Å². The van der Waals surface area contributed by atoms with Gasteiger partial charge in [-0.2, -0.15) is 0 Å². The number of hydrogen-bond donors (Lipinski definition) is 1. The molecule has 96 valence electrons. The normalized spacial score (nSPS) is 30.5. The van der Waals surface area contributed by atoms with E-state index >= 15 is 0 Å². The molecule has 0 bridgehead atoms. The fourth-order valence-electron chi connectivity index (χ4n) is 3.31. The molecule has 0 aromatic carbocycles. The molecule has 0 aromatic rings. The monoisotopic (exact) mass is 235 g/mol. The lowest BCUT2D eigenvalue weighted by atomic mass is 9.75. The largest absolute Gasteiger partial charge is 0.330 e. The standard InChI is InChI=1S/C15H25NO/c16-11-13-9-5-6-10-14(13)15(17)12-7-3-1-2-4-8-12/h7,13-14H,1-6,8-11,16H2. The molecule has 2 unspecified atom stereocenters. The van der Waals surface area contributed by atoms with Gasteiger partial charge in [0.15, 0.2) is 5.78 Å². The molecule has 0 aromatic heterocycles. The number of hydrogen-bond acceptors (Lipinski definition) is 2. The van der Waals surface area contributed by atoms with E-state index in [-0.39, 0.29) is 5.92 Å². The Morgan fingerprint density at radius 2 is 2.00 bits per heavy atom. The van der Waals surface area contributed by atoms with Crippen molar-refractivity contribution in [3.05, 3.63) is 11.6 Å². The van der Waals surface area contributed by atoms with Crippen molar-refractivity contribution < 1.29 is 4.79 Å². The van der Waals surface area contributed by atoms with E-state index in [1.807, 2.05) is 0 Å². The van der Waals surface area contributed by atoms with E-state index in [0.717, 1.165) is 31.3 Å². The van der Waals surface area contributed by atoms with E-state index in [0.29, 0.717) is 18.2 Å². The fraction of sp³-hybridized carbons (Fsp3) is 0.800. The van der Waals surface area contributed by atoms with Gasteiger partial charge in [0.2, 0.25) is 0 Å². The van der Waals surface area contributed by atoms with Crippen LogP contribution in [0.2, 0.25) is 0 Å². The highest BCUT2D eigenvalue weighted by molar-refractivity contribution is 5.97. The average Bonchev–Trinajstić information content (AvgIpc) is 2.66. The highest BCUT2D eigenvalue weighted by Gasteiger charge is 2.31. The summed E-state index contributed by atoms with van der Waals surface area (Å²) in [5.41, 5.74) is 6.94. The number of allylic oxidation sites excluding steroid dienone is 2. The van der Waals surface area contributed by atoms with Crippen LogP contribution in [0, 0.1) is 11.8 Å². The minimum absolute atomic E-state index is 0.234. The number of nitrogens with two attached hydrogens (primary N) is 1. The van der Waals surface area contributed by atoms with Gasteiger partial charge in [0.25, 0.3) is 0 Å². The Morgan fingerprint density at radius 3 is 2.82 bits per heavy atom. The molecule has 0 radical (unpaired) electrons. The molecule has 0 spiro atoms. The molecule has 0 heterocycles. The molecule has 2 rings (SSSR count). The minimum atomic E-state index is 0.234. The smallest absolute Gasteiger partial charge is 0.161 e. The third kappa shape index (κ3) is 3.19. The molecule has 2 N–H and O–H groups in total. The molecule has 2 aliphatic carbocycles. The van der Waals surface area contributed by atoms with Crippen LogP contribution >= 0.6 is 0 Å². The quantitative estimate of drug-likeness (QED) is 0.816. The Bertz CT molecular complexity index is 295. The highest BCUT2D eigenvalue weighted by atomic mass is 16.1. The van der Waals surface area contributed by atoms with Crippen LogP contribution < -0.4 is 5.73 Å². The number of Topliss-reactive ketones (excluding diaryl/α,β-unsaturated/α-hetero) is 1. The molecule has 2 atom stereocenters. The van der Waals surface area contributed by atoms with Gasteiger partial charge in [-0.05, 0) is 56.6 Å². The van der Waals surface area contributed by atoms with E-state index in [9.17, 15) is 4.79 Å². The molecular formula is C15H25NO. The second kappa shape index (κ2) is 6.34. The van der Waals surface area contributed by atoms with Crippen LogP contribution in [0.15, 0.2) is 11.6 Å². The molecule has 17 heavy (non-hydrogen) atoms. The highest BCUT2D eigenvalue weighted by Crippen LogP contribution is 2.33. The molecule has 2 nitrogen and oxygen atoms in total. The molecule has 0 amide bonds. The summed E-state index contributed by atoms with van der Waals surface area (Å²) in [6.07, 6.45) is 12.7. The van der Waals surface area contributed by atoms with Gasteiger partial charge >= 0.3 is 0 Å². The number of carbonyl (C=O) groups is 1. The lowest BCUT2D eigenvalue weighted by Gasteiger charge is -2.30. The van der Waals surface area contributed by atoms with Crippen molar-refractivity contribution >= 4 is 5.78 Å². The summed E-state index contributed by atoms with van der Waals surface area (Å²) < 4.78 is 0. The van der Waals surface area contributed by atoms with E-state index in [1.54, 1.807) is 0 Å². The Hall–Kier alpha value is -0.630. The first kappa shape index (κ1) is 12.8. The van der Waals surface area contributed by atoms with E-state index in [2.05, 4.69) is 6.08 Å². The van der Waals surface area contributed by atoms with Crippen LogP contribution in [0.4, 0.5) is 0 Å². The summed E-state index contributed by atoms with van der Waals surface area (Å²) in [7, 11) is 0. The second-order valence-corrected chi connectivity index (χ2v) is 5.58. The van der Waals surface area contributed by atoms with Gasteiger partial charge in [-0.1, -0.05) is 25.3 Å². The van der Waals surface area contributed by atoms with Gasteiger partial charge in [-0.15, -0.1) is 0 Å². The Kier molecular flexibility index (Phi) is 4.78. The van der Waals surface area contributed by atoms with Gasteiger partial charge in [0.05, 0.1) is 0 Å². The van der Waals surface area contributed by atoms with Gasteiger partial charge in [0, 0.05) is 5.92 Å². The van der Waals surface area contributed by atoms with Gasteiger partial charge in [-0.3, -0.25) is 4.79 Å². The summed E-state index contributed by atoms with van der Waals surface area (Å²) in [5.74, 6) is 1.11. The average molecular weight is 235 g/mol. The maximum atomic E-state index is 12.6. The van der Waals surface area contributed by atoms with Crippen LogP contribution in [-0.2, 0) is 4.79 Å². The first-order valence-electron chi connectivity index (χ1n) is 7.26. The topological polar surface area (TPSA) is 43.1 Å². The summed E-state index contributed by atoms with van der Waals surface area (Å²) >= 11 is 0. The zero-order chi connectivity index (χ0) is 12.1. The van der Waals surface area contributed by atoms with E-state index < -0.39 is 0 Å². The SMILES string of the molecule is NCC1CCCCC1C(=O)C1=CCCCCC1. The van der Waals surface area contributed by atoms with Crippen LogP contribution in [-0.4, -0.2) is 12.3 Å². The molecule has 2 aliphatic rings. The Labute approximate surface area is 105 Å². The second-order valence-electron chi connectivity index (χ2n) is 5.58. The third-order valence-corrected chi connectivity index (χ3v) is 4.41. The summed E-state index contributed by atoms with van der Waals surface area (Å²) in [6, 6.07) is 0. The predicted octanol–water partition coefficient (Wildman–Crippen LogP) is 3.21. The van der Waals surface area contributed by atoms with Crippen LogP contribution in [0.3, 0.4) is 0 Å². The zero-order valence-corrected chi connectivity index (χ0v) is 10.8. The molecule has 1 saturated carbocycles. The van der Waals surface area contributed by atoms with Crippen LogP contribution in [0.1, 0.15) is 57.8 Å². The summed E-state index contributed by atoms with van der Waals surface area (Å²) in [6.45, 7) is 0.684. The Balaban J connectivity index is 2.03.